The molecule has 0 aliphatic heterocycles. The molecule has 0 bridgehead atoms. The van der Waals surface area contributed by atoms with E-state index in [1.807, 2.05) is 18.2 Å². The predicted octanol–water partition coefficient (Wildman–Crippen LogP) is 0.978. The van der Waals surface area contributed by atoms with Crippen molar-refractivity contribution >= 4 is 21.6 Å². The van der Waals surface area contributed by atoms with Crippen molar-refractivity contribution in [1.29, 1.82) is 0 Å². The van der Waals surface area contributed by atoms with Gasteiger partial charge in [0.2, 0.25) is 0 Å². The highest BCUT2D eigenvalue weighted by molar-refractivity contribution is 7.89. The maximum atomic E-state index is 11.6. The summed E-state index contributed by atoms with van der Waals surface area (Å²) in [4.78, 5) is 0. The number of fused-ring (bicyclic) bond motifs is 1. The Morgan fingerprint density at radius 1 is 1.41 bits per heavy atom. The van der Waals surface area contributed by atoms with Gasteiger partial charge in [0.1, 0.15) is 0 Å². The van der Waals surface area contributed by atoms with Gasteiger partial charge in [-0.25, -0.2) is 13.6 Å². The van der Waals surface area contributed by atoms with Crippen molar-refractivity contribution in [1.82, 2.24) is 15.1 Å². The van der Waals surface area contributed by atoms with Gasteiger partial charge in [0.15, 0.2) is 5.03 Å². The molecule has 118 valence electrons. The first-order valence-corrected chi connectivity index (χ1v) is 8.81. The van der Waals surface area contributed by atoms with Crippen LogP contribution in [0.4, 0.5) is 0 Å². The molecule has 0 saturated heterocycles. The summed E-state index contributed by atoms with van der Waals surface area (Å²) >= 11 is 6.01. The molecule has 1 aliphatic rings. The van der Waals surface area contributed by atoms with Crippen LogP contribution in [0.25, 0.3) is 0 Å². The van der Waals surface area contributed by atoms with Crippen molar-refractivity contribution in [3.8, 4) is 0 Å². The fourth-order valence-corrected chi connectivity index (χ4v) is 4.05. The van der Waals surface area contributed by atoms with Crippen molar-refractivity contribution < 1.29 is 8.42 Å². The van der Waals surface area contributed by atoms with E-state index in [1.54, 1.807) is 7.05 Å². The van der Waals surface area contributed by atoms with Gasteiger partial charge in [-0.15, -0.1) is 0 Å². The first-order valence-electron chi connectivity index (χ1n) is 6.89. The summed E-state index contributed by atoms with van der Waals surface area (Å²) in [5, 5.41) is 13.4. The summed E-state index contributed by atoms with van der Waals surface area (Å²) in [5.74, 6) is 0. The van der Waals surface area contributed by atoms with Crippen LogP contribution in [0.5, 0.6) is 0 Å². The summed E-state index contributed by atoms with van der Waals surface area (Å²) in [6.07, 6.45) is 3.31. The van der Waals surface area contributed by atoms with Crippen LogP contribution in [0, 0.1) is 0 Å². The fourth-order valence-electron chi connectivity index (χ4n) is 2.95. The number of hydrogen-bond acceptors (Lipinski definition) is 4. The monoisotopic (exact) mass is 340 g/mol. The van der Waals surface area contributed by atoms with Crippen molar-refractivity contribution in [3.63, 3.8) is 0 Å². The molecule has 2 aromatic rings. The molecule has 1 aliphatic carbocycles. The van der Waals surface area contributed by atoms with Crippen molar-refractivity contribution in [2.75, 3.05) is 0 Å². The van der Waals surface area contributed by atoms with Gasteiger partial charge in [-0.1, -0.05) is 17.7 Å². The number of nitrogens with one attached hydrogen (secondary N) is 1. The maximum absolute atomic E-state index is 11.6. The van der Waals surface area contributed by atoms with Crippen LogP contribution in [-0.4, -0.2) is 24.2 Å². The number of aryl methyl sites for hydroxylation is 1. The van der Waals surface area contributed by atoms with Crippen LogP contribution < -0.4 is 10.5 Å². The molecule has 8 heteroatoms. The molecule has 1 aromatic carbocycles. The standard InChI is InChI=1S/C14H17ClN4O2S/c1-19-14(22(16,20)21)11(8-18-19)7-17-13-5-9-2-3-12(15)4-10(9)6-13/h2-4,8,13,17H,5-7H2,1H3,(H2,16,20,21). The summed E-state index contributed by atoms with van der Waals surface area (Å²) in [5.41, 5.74) is 3.10. The largest absolute Gasteiger partial charge is 0.309 e. The van der Waals surface area contributed by atoms with E-state index in [-0.39, 0.29) is 11.1 Å². The minimum atomic E-state index is -3.78. The van der Waals surface area contributed by atoms with Gasteiger partial charge in [-0.2, -0.15) is 5.10 Å². The molecule has 0 radical (unpaired) electrons. The van der Waals surface area contributed by atoms with Gasteiger partial charge in [-0.3, -0.25) is 4.68 Å². The Morgan fingerprint density at radius 2 is 2.14 bits per heavy atom. The molecular formula is C14H17ClN4O2S. The van der Waals surface area contributed by atoms with E-state index < -0.39 is 10.0 Å². The Balaban J connectivity index is 1.71. The number of rotatable bonds is 4. The van der Waals surface area contributed by atoms with Crippen LogP contribution in [0.15, 0.2) is 29.4 Å². The van der Waals surface area contributed by atoms with E-state index in [2.05, 4.69) is 10.4 Å². The third-order valence-corrected chi connectivity index (χ3v) is 5.21. The van der Waals surface area contributed by atoms with Crippen LogP contribution in [0.1, 0.15) is 16.7 Å². The summed E-state index contributed by atoms with van der Waals surface area (Å²) in [6, 6.07) is 6.17. The molecule has 0 fully saturated rings. The zero-order chi connectivity index (χ0) is 15.9. The van der Waals surface area contributed by atoms with Crippen molar-refractivity contribution in [2.24, 2.45) is 12.2 Å². The third-order valence-electron chi connectivity index (χ3n) is 3.91. The highest BCUT2D eigenvalue weighted by atomic mass is 35.5. The molecule has 3 rings (SSSR count). The Kier molecular flexibility index (Phi) is 3.98. The second kappa shape index (κ2) is 5.66. The Labute approximate surface area is 134 Å². The number of nitrogens with two attached hydrogens (primary N) is 1. The minimum absolute atomic E-state index is 0.0542. The number of hydrogen-bond donors (Lipinski definition) is 2. The maximum Gasteiger partial charge on any atom is 0.255 e. The van der Waals surface area contributed by atoms with E-state index in [1.165, 1.54) is 22.0 Å². The van der Waals surface area contributed by atoms with Crippen LogP contribution >= 0.6 is 11.6 Å². The molecule has 0 spiro atoms. The van der Waals surface area contributed by atoms with E-state index >= 15 is 0 Å². The second-order valence-corrected chi connectivity index (χ2v) is 7.46. The second-order valence-electron chi connectivity index (χ2n) is 5.54. The van der Waals surface area contributed by atoms with Crippen LogP contribution in [-0.2, 0) is 36.5 Å². The molecule has 1 aromatic heterocycles. The molecule has 0 saturated carbocycles. The number of nitrogens with zero attached hydrogens (tertiary/aromatic N) is 2. The minimum Gasteiger partial charge on any atom is -0.309 e. The van der Waals surface area contributed by atoms with Crippen LogP contribution in [0.2, 0.25) is 5.02 Å². The quantitative estimate of drug-likeness (QED) is 0.868. The molecule has 22 heavy (non-hydrogen) atoms. The normalized spacial score (nSPS) is 17.7. The SMILES string of the molecule is Cn1ncc(CNC2Cc3ccc(Cl)cc3C2)c1S(N)(=O)=O. The highest BCUT2D eigenvalue weighted by Crippen LogP contribution is 2.25. The molecule has 1 atom stereocenters. The highest BCUT2D eigenvalue weighted by Gasteiger charge is 2.23. The average molecular weight is 341 g/mol. The smallest absolute Gasteiger partial charge is 0.255 e. The van der Waals surface area contributed by atoms with Crippen LogP contribution in [0.3, 0.4) is 0 Å². The van der Waals surface area contributed by atoms with E-state index in [9.17, 15) is 8.42 Å². The summed E-state index contributed by atoms with van der Waals surface area (Å²) in [7, 11) is -2.22. The van der Waals surface area contributed by atoms with Gasteiger partial charge in [0.05, 0.1) is 6.20 Å². The first-order chi connectivity index (χ1) is 10.3. The Hall–Kier alpha value is -1.41. The zero-order valence-corrected chi connectivity index (χ0v) is 13.7. The number of aromatic nitrogens is 2. The summed E-state index contributed by atoms with van der Waals surface area (Å²) in [6.45, 7) is 0.409. The first kappa shape index (κ1) is 15.5. The fraction of sp³-hybridized carbons (Fsp3) is 0.357. The molecule has 6 nitrogen and oxygen atoms in total. The van der Waals surface area contributed by atoms with Crippen molar-refractivity contribution in [2.45, 2.75) is 30.5 Å². The zero-order valence-electron chi connectivity index (χ0n) is 12.1. The number of sulfonamides is 1. The van der Waals surface area contributed by atoms with Gasteiger partial charge < -0.3 is 5.32 Å². The topological polar surface area (TPSA) is 90.0 Å². The molecule has 0 amide bonds. The molecule has 1 heterocycles. The lowest BCUT2D eigenvalue weighted by Gasteiger charge is -2.12. The molecule has 1 unspecified atom stereocenters. The Bertz CT molecular complexity index is 816. The van der Waals surface area contributed by atoms with Crippen molar-refractivity contribution in [3.05, 3.63) is 46.1 Å². The molecule has 3 N–H and O–H groups in total. The van der Waals surface area contributed by atoms with Gasteiger partial charge in [0, 0.05) is 30.2 Å². The van der Waals surface area contributed by atoms with E-state index in [0.29, 0.717) is 12.1 Å². The van der Waals surface area contributed by atoms with E-state index in [0.717, 1.165) is 17.9 Å². The van der Waals surface area contributed by atoms with Gasteiger partial charge in [0.25, 0.3) is 10.0 Å². The lowest BCUT2D eigenvalue weighted by molar-refractivity contribution is 0.524. The Morgan fingerprint density at radius 3 is 2.86 bits per heavy atom. The van der Waals surface area contributed by atoms with Gasteiger partial charge in [-0.05, 0) is 36.1 Å². The molecular weight excluding hydrogens is 324 g/mol. The predicted molar refractivity (Wildman–Crippen MR) is 84.1 cm³/mol. The number of primary sulfonamides is 1. The van der Waals surface area contributed by atoms with E-state index in [4.69, 9.17) is 16.7 Å². The lowest BCUT2D eigenvalue weighted by atomic mass is 10.1. The third kappa shape index (κ3) is 3.03. The summed E-state index contributed by atoms with van der Waals surface area (Å²) < 4.78 is 24.5. The number of benzene rings is 1. The lowest BCUT2D eigenvalue weighted by Crippen LogP contribution is -2.30. The number of halogens is 1. The average Bonchev–Trinajstić information content (AvgIpc) is 2.98. The van der Waals surface area contributed by atoms with Gasteiger partial charge >= 0.3 is 0 Å².